The van der Waals surface area contributed by atoms with Gasteiger partial charge in [0, 0.05) is 38.1 Å². The van der Waals surface area contributed by atoms with Crippen LogP contribution in [-0.4, -0.2) is 50.9 Å². The van der Waals surface area contributed by atoms with E-state index in [0.717, 1.165) is 30.9 Å². The molecule has 1 aliphatic carbocycles. The Morgan fingerprint density at radius 1 is 1.37 bits per heavy atom. The summed E-state index contributed by atoms with van der Waals surface area (Å²) in [7, 11) is 1.70. The normalized spacial score (nSPS) is 29.3. The molecule has 0 spiro atoms. The van der Waals surface area contributed by atoms with Crippen LogP contribution in [0.25, 0.3) is 0 Å². The number of nitrogens with zero attached hydrogens (tertiary/aromatic N) is 1. The smallest absolute Gasteiger partial charge is 0.240 e. The van der Waals surface area contributed by atoms with Gasteiger partial charge >= 0.3 is 0 Å². The van der Waals surface area contributed by atoms with Gasteiger partial charge in [-0.25, -0.2) is 0 Å². The van der Waals surface area contributed by atoms with Crippen molar-refractivity contribution in [1.29, 1.82) is 0 Å². The Morgan fingerprint density at radius 2 is 2.11 bits per heavy atom. The van der Waals surface area contributed by atoms with Crippen LogP contribution in [0.3, 0.4) is 0 Å². The monoisotopic (exact) mass is 375 g/mol. The van der Waals surface area contributed by atoms with E-state index in [4.69, 9.17) is 15.2 Å². The maximum Gasteiger partial charge on any atom is 0.240 e. The van der Waals surface area contributed by atoms with Crippen LogP contribution in [0.15, 0.2) is 24.3 Å². The van der Waals surface area contributed by atoms with Crippen molar-refractivity contribution in [1.82, 2.24) is 5.32 Å². The molecule has 6 nitrogen and oxygen atoms in total. The van der Waals surface area contributed by atoms with Gasteiger partial charge in [0.05, 0.1) is 18.9 Å². The maximum absolute atomic E-state index is 12.8. The van der Waals surface area contributed by atoms with E-state index < -0.39 is 5.54 Å². The van der Waals surface area contributed by atoms with Gasteiger partial charge in [0.15, 0.2) is 0 Å². The summed E-state index contributed by atoms with van der Waals surface area (Å²) >= 11 is 0. The molecule has 150 valence electrons. The molecule has 2 fully saturated rings. The third-order valence-corrected chi connectivity index (χ3v) is 6.50. The first-order chi connectivity index (χ1) is 12.8. The van der Waals surface area contributed by atoms with Crippen molar-refractivity contribution in [3.05, 3.63) is 24.3 Å². The highest BCUT2D eigenvalue weighted by molar-refractivity contribution is 5.88. The van der Waals surface area contributed by atoms with Crippen LogP contribution in [0.1, 0.15) is 33.6 Å². The predicted molar refractivity (Wildman–Crippen MR) is 107 cm³/mol. The van der Waals surface area contributed by atoms with Crippen LogP contribution in [0, 0.1) is 11.3 Å². The predicted octanol–water partition coefficient (Wildman–Crippen LogP) is 2.17. The number of carbonyl (C=O) groups excluding carboxylic acids is 1. The second-order valence-electron chi connectivity index (χ2n) is 8.32. The summed E-state index contributed by atoms with van der Waals surface area (Å²) in [6.07, 6.45) is 1.67. The fraction of sp³-hybridized carbons (Fsp3) is 0.667. The van der Waals surface area contributed by atoms with E-state index in [1.54, 1.807) is 7.11 Å². The lowest BCUT2D eigenvalue weighted by atomic mass is 9.54. The summed E-state index contributed by atoms with van der Waals surface area (Å²) in [5.74, 6) is 1.24. The molecule has 1 aromatic carbocycles. The molecule has 1 aromatic rings. The highest BCUT2D eigenvalue weighted by atomic mass is 16.5. The number of benzene rings is 1. The lowest BCUT2D eigenvalue weighted by molar-refractivity contribution is -0.170. The van der Waals surface area contributed by atoms with Crippen molar-refractivity contribution >= 4 is 11.6 Å². The molecule has 3 unspecified atom stereocenters. The zero-order valence-corrected chi connectivity index (χ0v) is 17.0. The second kappa shape index (κ2) is 7.68. The van der Waals surface area contributed by atoms with Crippen molar-refractivity contribution in [2.75, 3.05) is 38.3 Å². The average Bonchev–Trinajstić information content (AvgIpc) is 3.14. The Balaban J connectivity index is 1.53. The molecule has 27 heavy (non-hydrogen) atoms. The van der Waals surface area contributed by atoms with Crippen molar-refractivity contribution < 1.29 is 14.3 Å². The zero-order valence-electron chi connectivity index (χ0n) is 17.0. The molecule has 3 atom stereocenters. The largest absolute Gasteiger partial charge is 0.495 e. The number of nitrogens with two attached hydrogens (primary N) is 1. The van der Waals surface area contributed by atoms with Gasteiger partial charge in [-0.2, -0.15) is 0 Å². The van der Waals surface area contributed by atoms with Crippen molar-refractivity contribution in [3.63, 3.8) is 0 Å². The first kappa shape index (κ1) is 20.0. The Bertz CT molecular complexity index is 678. The van der Waals surface area contributed by atoms with Gasteiger partial charge in [-0.05, 0) is 31.4 Å². The summed E-state index contributed by atoms with van der Waals surface area (Å²) in [6, 6.07) is 8.07. The molecule has 0 radical (unpaired) electrons. The molecule has 0 aromatic heterocycles. The lowest BCUT2D eigenvalue weighted by Crippen LogP contribution is -2.75. The number of methoxy groups -OCH3 is 1. The summed E-state index contributed by atoms with van der Waals surface area (Å²) in [5, 5.41) is 3.11. The number of hydrogen-bond donors (Lipinski definition) is 2. The van der Waals surface area contributed by atoms with Gasteiger partial charge in [-0.1, -0.05) is 26.0 Å². The van der Waals surface area contributed by atoms with E-state index in [0.29, 0.717) is 25.5 Å². The number of para-hydroxylation sites is 2. The summed E-state index contributed by atoms with van der Waals surface area (Å²) in [6.45, 7) is 9.19. The van der Waals surface area contributed by atoms with Gasteiger partial charge in [0.25, 0.3) is 0 Å². The number of rotatable bonds is 7. The van der Waals surface area contributed by atoms with Crippen LogP contribution >= 0.6 is 0 Å². The minimum Gasteiger partial charge on any atom is -0.495 e. The summed E-state index contributed by atoms with van der Waals surface area (Å²) in [4.78, 5) is 15.1. The number of amides is 1. The summed E-state index contributed by atoms with van der Waals surface area (Å²) < 4.78 is 11.2. The molecule has 1 saturated heterocycles. The molecule has 3 N–H and O–H groups in total. The highest BCUT2D eigenvalue weighted by Crippen LogP contribution is 2.49. The first-order valence-electron chi connectivity index (χ1n) is 9.90. The topological polar surface area (TPSA) is 76.8 Å². The third-order valence-electron chi connectivity index (χ3n) is 6.50. The molecule has 0 bridgehead atoms. The number of anilines is 1. The zero-order chi connectivity index (χ0) is 19.7. The molecular weight excluding hydrogens is 342 g/mol. The lowest BCUT2D eigenvalue weighted by Gasteiger charge is -2.57. The van der Waals surface area contributed by atoms with Crippen LogP contribution in [0.5, 0.6) is 5.75 Å². The molecule has 1 heterocycles. The fourth-order valence-corrected chi connectivity index (χ4v) is 4.32. The van der Waals surface area contributed by atoms with E-state index in [2.05, 4.69) is 16.3 Å². The molecular formula is C21H33N3O3. The van der Waals surface area contributed by atoms with Crippen molar-refractivity contribution in [3.8, 4) is 5.75 Å². The molecule has 2 aliphatic rings. The van der Waals surface area contributed by atoms with E-state index in [9.17, 15) is 4.79 Å². The molecule has 1 amide bonds. The van der Waals surface area contributed by atoms with Gasteiger partial charge in [0.2, 0.25) is 5.91 Å². The SMILES string of the molecule is CCOC1CC(N)(C(=O)NCC2CCN(c3ccccc3OC)C2)C1(C)C. The molecule has 1 aliphatic heterocycles. The highest BCUT2D eigenvalue weighted by Gasteiger charge is 2.62. The van der Waals surface area contributed by atoms with Gasteiger partial charge in [0.1, 0.15) is 11.3 Å². The van der Waals surface area contributed by atoms with E-state index in [1.165, 1.54) is 0 Å². The standard InChI is InChI=1S/C21H33N3O3/c1-5-27-18-12-21(22,20(18,2)3)19(25)23-13-15-10-11-24(14-15)16-8-6-7-9-17(16)26-4/h6-9,15,18H,5,10-14,22H2,1-4H3,(H,23,25). The number of ether oxygens (including phenoxy) is 2. The third kappa shape index (κ3) is 3.52. The second-order valence-corrected chi connectivity index (χ2v) is 8.32. The van der Waals surface area contributed by atoms with Crippen LogP contribution in [-0.2, 0) is 9.53 Å². The van der Waals surface area contributed by atoms with E-state index in [1.807, 2.05) is 39.0 Å². The summed E-state index contributed by atoms with van der Waals surface area (Å²) in [5.41, 5.74) is 6.37. The van der Waals surface area contributed by atoms with Crippen LogP contribution in [0.2, 0.25) is 0 Å². The molecule has 1 saturated carbocycles. The Morgan fingerprint density at radius 3 is 2.78 bits per heavy atom. The van der Waals surface area contributed by atoms with Gasteiger partial charge in [-0.3, -0.25) is 4.79 Å². The minimum absolute atomic E-state index is 0.0470. The molecule has 3 rings (SSSR count). The minimum atomic E-state index is -0.853. The van der Waals surface area contributed by atoms with Crippen molar-refractivity contribution in [2.24, 2.45) is 17.1 Å². The first-order valence-corrected chi connectivity index (χ1v) is 9.90. The van der Waals surface area contributed by atoms with Crippen LogP contribution in [0.4, 0.5) is 5.69 Å². The van der Waals surface area contributed by atoms with Crippen molar-refractivity contribution in [2.45, 2.75) is 45.3 Å². The Kier molecular flexibility index (Phi) is 5.68. The average molecular weight is 376 g/mol. The quantitative estimate of drug-likeness (QED) is 0.764. The van der Waals surface area contributed by atoms with Gasteiger partial charge in [-0.15, -0.1) is 0 Å². The van der Waals surface area contributed by atoms with Gasteiger partial charge < -0.3 is 25.4 Å². The fourth-order valence-electron chi connectivity index (χ4n) is 4.32. The number of carbonyl (C=O) groups is 1. The van der Waals surface area contributed by atoms with E-state index in [-0.39, 0.29) is 17.4 Å². The maximum atomic E-state index is 12.8. The van der Waals surface area contributed by atoms with Crippen LogP contribution < -0.4 is 20.7 Å². The number of hydrogen-bond acceptors (Lipinski definition) is 5. The molecule has 6 heteroatoms. The number of nitrogens with one attached hydrogen (secondary N) is 1. The van der Waals surface area contributed by atoms with E-state index >= 15 is 0 Å². The Hall–Kier alpha value is -1.79. The Labute approximate surface area is 162 Å².